The Balaban J connectivity index is 0. The Bertz CT molecular complexity index is 168. The van der Waals surface area contributed by atoms with E-state index in [-0.39, 0.29) is 63.7 Å². The van der Waals surface area contributed by atoms with Crippen molar-refractivity contribution in [3.63, 3.8) is 0 Å². The molecule has 0 aliphatic carbocycles. The van der Waals surface area contributed by atoms with Crippen LogP contribution in [0.25, 0.3) is 0 Å². The van der Waals surface area contributed by atoms with Crippen molar-refractivity contribution in [2.24, 2.45) is 0 Å². The molecule has 2 N–H and O–H groups in total. The van der Waals surface area contributed by atoms with Crippen LogP contribution in [0.1, 0.15) is 13.8 Å². The second-order valence-electron chi connectivity index (χ2n) is 2.27. The minimum atomic E-state index is -1.63. The van der Waals surface area contributed by atoms with Crippen molar-refractivity contribution < 1.29 is 66.4 Å². The van der Waals surface area contributed by atoms with Gasteiger partial charge in [0.1, 0.15) is 0 Å². The van der Waals surface area contributed by atoms with Gasteiger partial charge in [-0.15, -0.1) is 0 Å². The quantitative estimate of drug-likeness (QED) is 0.272. The molecule has 12 heavy (non-hydrogen) atoms. The van der Waals surface area contributed by atoms with E-state index in [1.165, 1.54) is 13.0 Å². The predicted molar refractivity (Wildman–Crippen MR) is 38.4 cm³/mol. The van der Waals surface area contributed by atoms with Crippen molar-refractivity contribution in [3.05, 3.63) is 11.8 Å². The Hall–Kier alpha value is 0.766. The SMILES string of the molecule is CC(=O)/C=C(\C)NCC([O-])O.[K+]. The van der Waals surface area contributed by atoms with E-state index in [0.717, 1.165) is 0 Å². The van der Waals surface area contributed by atoms with E-state index in [9.17, 15) is 9.90 Å². The number of hydrogen-bond acceptors (Lipinski definition) is 4. The molecule has 0 saturated carbocycles. The molecule has 1 unspecified atom stereocenters. The van der Waals surface area contributed by atoms with Gasteiger partial charge in [0.2, 0.25) is 0 Å². The monoisotopic (exact) mass is 197 g/mol. The van der Waals surface area contributed by atoms with Crippen LogP contribution in [0.5, 0.6) is 0 Å². The van der Waals surface area contributed by atoms with Crippen LogP contribution < -0.4 is 61.8 Å². The molecular formula is C7H12KNO3. The minimum absolute atomic E-state index is 0. The first-order valence-corrected chi connectivity index (χ1v) is 3.29. The maximum absolute atomic E-state index is 10.4. The van der Waals surface area contributed by atoms with E-state index in [4.69, 9.17) is 5.11 Å². The van der Waals surface area contributed by atoms with Crippen molar-refractivity contribution >= 4 is 5.78 Å². The molecule has 5 heteroatoms. The summed E-state index contributed by atoms with van der Waals surface area (Å²) in [7, 11) is 0. The Kier molecular flexibility index (Phi) is 10.6. The number of rotatable bonds is 4. The Morgan fingerprint density at radius 1 is 1.67 bits per heavy atom. The van der Waals surface area contributed by atoms with Crippen molar-refractivity contribution in [3.8, 4) is 0 Å². The molecule has 0 radical (unpaired) electrons. The maximum atomic E-state index is 10.4. The summed E-state index contributed by atoms with van der Waals surface area (Å²) < 4.78 is 0. The molecule has 0 heterocycles. The summed E-state index contributed by atoms with van der Waals surface area (Å²) in [6.07, 6.45) is -0.271. The number of aliphatic hydroxyl groups excluding tert-OH is 1. The summed E-state index contributed by atoms with van der Waals surface area (Å²) >= 11 is 0. The van der Waals surface area contributed by atoms with Crippen molar-refractivity contribution in [1.29, 1.82) is 0 Å². The van der Waals surface area contributed by atoms with Gasteiger partial charge in [0.15, 0.2) is 5.78 Å². The summed E-state index contributed by atoms with van der Waals surface area (Å²) in [5.74, 6) is -0.0876. The van der Waals surface area contributed by atoms with E-state index in [1.54, 1.807) is 6.92 Å². The first-order chi connectivity index (χ1) is 5.02. The smallest absolute Gasteiger partial charge is 0.830 e. The van der Waals surface area contributed by atoms with Gasteiger partial charge in [-0.2, -0.15) is 0 Å². The molecule has 0 bridgehead atoms. The van der Waals surface area contributed by atoms with Crippen molar-refractivity contribution in [2.75, 3.05) is 6.54 Å². The average molecular weight is 197 g/mol. The van der Waals surface area contributed by atoms with Crippen LogP contribution in [0.4, 0.5) is 0 Å². The standard InChI is InChI=1S/C7H12NO3.K/c1-5(3-6(2)9)8-4-7(10)11;/h3,7-8,10H,4H2,1-2H3;/q-1;+1/b5-3+;. The third kappa shape index (κ3) is 10.8. The normalized spacial score (nSPS) is 13.2. The van der Waals surface area contributed by atoms with Crippen molar-refractivity contribution in [2.45, 2.75) is 20.1 Å². The second-order valence-corrected chi connectivity index (χ2v) is 2.27. The average Bonchev–Trinajstić information content (AvgIpc) is 1.82. The van der Waals surface area contributed by atoms with Gasteiger partial charge in [-0.1, -0.05) is 0 Å². The van der Waals surface area contributed by atoms with Crippen LogP contribution in [0.2, 0.25) is 0 Å². The first kappa shape index (κ1) is 15.2. The maximum Gasteiger partial charge on any atom is 1.00 e. The summed E-state index contributed by atoms with van der Waals surface area (Å²) in [6, 6.07) is 0. The van der Waals surface area contributed by atoms with Gasteiger partial charge in [-0.3, -0.25) is 4.79 Å². The molecule has 0 aromatic carbocycles. The number of nitrogens with one attached hydrogen (secondary N) is 1. The Morgan fingerprint density at radius 2 is 2.17 bits per heavy atom. The number of carbonyl (C=O) groups excluding carboxylic acids is 1. The second kappa shape index (κ2) is 8.37. The zero-order valence-electron chi connectivity index (χ0n) is 7.63. The summed E-state index contributed by atoms with van der Waals surface area (Å²) in [6.45, 7) is 3.00. The topological polar surface area (TPSA) is 72.4 Å². The van der Waals surface area contributed by atoms with Gasteiger partial charge in [0.25, 0.3) is 0 Å². The van der Waals surface area contributed by atoms with Crippen LogP contribution in [0.15, 0.2) is 11.8 Å². The van der Waals surface area contributed by atoms with E-state index in [2.05, 4.69) is 5.32 Å². The zero-order valence-corrected chi connectivity index (χ0v) is 10.7. The van der Waals surface area contributed by atoms with E-state index in [1.807, 2.05) is 0 Å². The largest absolute Gasteiger partial charge is 1.00 e. The van der Waals surface area contributed by atoms with Gasteiger partial charge in [0.05, 0.1) is 0 Å². The Morgan fingerprint density at radius 3 is 2.50 bits per heavy atom. The van der Waals surface area contributed by atoms with Crippen molar-refractivity contribution in [1.82, 2.24) is 5.32 Å². The van der Waals surface area contributed by atoms with E-state index in [0.29, 0.717) is 5.70 Å². The molecule has 0 amide bonds. The summed E-state index contributed by atoms with van der Waals surface area (Å²) in [5, 5.41) is 21.0. The molecule has 0 rings (SSSR count). The third-order valence-corrected chi connectivity index (χ3v) is 0.975. The van der Waals surface area contributed by atoms with Crippen LogP contribution in [0.3, 0.4) is 0 Å². The number of hydrogen-bond donors (Lipinski definition) is 2. The van der Waals surface area contributed by atoms with E-state index >= 15 is 0 Å². The van der Waals surface area contributed by atoms with Crippen LogP contribution in [-0.4, -0.2) is 23.7 Å². The van der Waals surface area contributed by atoms with E-state index < -0.39 is 6.29 Å². The van der Waals surface area contributed by atoms with Gasteiger partial charge in [0, 0.05) is 12.2 Å². The summed E-state index contributed by atoms with van der Waals surface area (Å²) in [5.41, 5.74) is 0.590. The molecule has 4 nitrogen and oxygen atoms in total. The molecular weight excluding hydrogens is 185 g/mol. The minimum Gasteiger partial charge on any atom is -0.830 e. The molecule has 0 fully saturated rings. The number of allylic oxidation sites excluding steroid dienone is 2. The molecule has 64 valence electrons. The predicted octanol–water partition coefficient (Wildman–Crippen LogP) is -4.25. The van der Waals surface area contributed by atoms with Gasteiger partial charge in [-0.05, 0) is 26.2 Å². The molecule has 0 aliphatic heterocycles. The molecule has 1 atom stereocenters. The van der Waals surface area contributed by atoms with Crippen LogP contribution in [-0.2, 0) is 4.79 Å². The first-order valence-electron chi connectivity index (χ1n) is 3.29. The molecule has 0 aliphatic rings. The zero-order chi connectivity index (χ0) is 8.85. The van der Waals surface area contributed by atoms with Crippen LogP contribution >= 0.6 is 0 Å². The Labute approximate surface area is 114 Å². The number of ketones is 1. The summed E-state index contributed by atoms with van der Waals surface area (Å²) in [4.78, 5) is 10.4. The van der Waals surface area contributed by atoms with Crippen LogP contribution in [0, 0.1) is 0 Å². The molecule has 0 aromatic rings. The fourth-order valence-electron chi connectivity index (χ4n) is 0.604. The third-order valence-electron chi connectivity index (χ3n) is 0.975. The molecule has 0 spiro atoms. The molecule has 0 saturated heterocycles. The van der Waals surface area contributed by atoms with Gasteiger partial charge < -0.3 is 15.5 Å². The fraction of sp³-hybridized carbons (Fsp3) is 0.571. The molecule has 0 aromatic heterocycles. The van der Waals surface area contributed by atoms with Gasteiger partial charge >= 0.3 is 51.4 Å². The fourth-order valence-corrected chi connectivity index (χ4v) is 0.604. The number of carbonyl (C=O) groups is 1. The van der Waals surface area contributed by atoms with Gasteiger partial charge in [-0.25, -0.2) is 0 Å². The number of aliphatic hydroxyl groups is 1.